The van der Waals surface area contributed by atoms with Crippen LogP contribution in [0.1, 0.15) is 20.7 Å². The average Bonchev–Trinajstić information content (AvgIpc) is 2.39. The molecule has 0 radical (unpaired) electrons. The minimum absolute atomic E-state index is 0.291. The number of amides is 2. The highest BCUT2D eigenvalue weighted by Gasteiger charge is 2.08. The van der Waals surface area contributed by atoms with Crippen LogP contribution in [0.2, 0.25) is 0 Å². The van der Waals surface area contributed by atoms with Crippen LogP contribution in [0.3, 0.4) is 0 Å². The van der Waals surface area contributed by atoms with Crippen molar-refractivity contribution in [1.29, 1.82) is 0 Å². The molecule has 5 heteroatoms. The summed E-state index contributed by atoms with van der Waals surface area (Å²) in [5.74, 6) is -0.849. The highest BCUT2D eigenvalue weighted by molar-refractivity contribution is 9.10. The standard InChI is InChI=1S/C14H11BrN2O2/c15-11-5-2-6-12(8-11)17-14(19)10-4-1-3-9(7-10)13(16)18/h1-8H,(H2,16,18)(H,17,19). The molecule has 0 fully saturated rings. The predicted molar refractivity (Wildman–Crippen MR) is 77.1 cm³/mol. The molecule has 0 aromatic heterocycles. The number of nitrogens with two attached hydrogens (primary N) is 1. The number of carbonyl (C=O) groups excluding carboxylic acids is 2. The zero-order valence-corrected chi connectivity index (χ0v) is 11.5. The zero-order valence-electron chi connectivity index (χ0n) is 9.89. The Morgan fingerprint density at radius 1 is 1.00 bits per heavy atom. The van der Waals surface area contributed by atoms with Crippen molar-refractivity contribution in [1.82, 2.24) is 0 Å². The number of hydrogen-bond donors (Lipinski definition) is 2. The SMILES string of the molecule is NC(=O)c1cccc(C(=O)Nc2cccc(Br)c2)c1. The van der Waals surface area contributed by atoms with E-state index in [-0.39, 0.29) is 5.91 Å². The van der Waals surface area contributed by atoms with Gasteiger partial charge in [0.1, 0.15) is 0 Å². The van der Waals surface area contributed by atoms with E-state index in [1.54, 1.807) is 30.3 Å². The lowest BCUT2D eigenvalue weighted by Gasteiger charge is -2.06. The number of hydrogen-bond acceptors (Lipinski definition) is 2. The number of rotatable bonds is 3. The van der Waals surface area contributed by atoms with Crippen molar-refractivity contribution in [3.63, 3.8) is 0 Å². The molecule has 0 atom stereocenters. The number of halogens is 1. The van der Waals surface area contributed by atoms with E-state index in [4.69, 9.17) is 5.73 Å². The fraction of sp³-hybridized carbons (Fsp3) is 0. The van der Waals surface area contributed by atoms with E-state index in [2.05, 4.69) is 21.2 Å². The molecule has 0 aliphatic carbocycles. The Hall–Kier alpha value is -2.14. The van der Waals surface area contributed by atoms with E-state index in [1.165, 1.54) is 6.07 Å². The molecule has 3 N–H and O–H groups in total. The Labute approximate surface area is 118 Å². The summed E-state index contributed by atoms with van der Waals surface area (Å²) in [5.41, 5.74) is 6.54. The maximum absolute atomic E-state index is 12.0. The summed E-state index contributed by atoms with van der Waals surface area (Å²) in [6, 6.07) is 13.5. The first-order valence-corrected chi connectivity index (χ1v) is 6.32. The van der Waals surface area contributed by atoms with Crippen molar-refractivity contribution >= 4 is 33.4 Å². The molecule has 2 rings (SSSR count). The lowest BCUT2D eigenvalue weighted by molar-refractivity contribution is 0.1000. The lowest BCUT2D eigenvalue weighted by Crippen LogP contribution is -2.15. The molecule has 0 unspecified atom stereocenters. The third-order valence-electron chi connectivity index (χ3n) is 2.49. The molecule has 4 nitrogen and oxygen atoms in total. The van der Waals surface area contributed by atoms with Gasteiger partial charge < -0.3 is 11.1 Å². The second-order valence-electron chi connectivity index (χ2n) is 3.91. The summed E-state index contributed by atoms with van der Waals surface area (Å²) >= 11 is 3.33. The van der Waals surface area contributed by atoms with Gasteiger partial charge in [-0.3, -0.25) is 9.59 Å². The van der Waals surface area contributed by atoms with Crippen LogP contribution in [0.25, 0.3) is 0 Å². The monoisotopic (exact) mass is 318 g/mol. The van der Waals surface area contributed by atoms with E-state index in [0.29, 0.717) is 16.8 Å². The van der Waals surface area contributed by atoms with Crippen LogP contribution in [-0.2, 0) is 0 Å². The summed E-state index contributed by atoms with van der Waals surface area (Å²) < 4.78 is 0.871. The summed E-state index contributed by atoms with van der Waals surface area (Å²) in [6.07, 6.45) is 0. The van der Waals surface area contributed by atoms with Crippen LogP contribution in [0.15, 0.2) is 53.0 Å². The number of benzene rings is 2. The van der Waals surface area contributed by atoms with E-state index < -0.39 is 5.91 Å². The van der Waals surface area contributed by atoms with Gasteiger partial charge in [0.05, 0.1) is 0 Å². The van der Waals surface area contributed by atoms with Gasteiger partial charge in [0.2, 0.25) is 5.91 Å². The third kappa shape index (κ3) is 3.42. The Morgan fingerprint density at radius 2 is 1.68 bits per heavy atom. The molecule has 2 aromatic rings. The Kier molecular flexibility index (Phi) is 3.97. The van der Waals surface area contributed by atoms with Crippen LogP contribution in [0.5, 0.6) is 0 Å². The zero-order chi connectivity index (χ0) is 13.8. The van der Waals surface area contributed by atoms with E-state index >= 15 is 0 Å². The van der Waals surface area contributed by atoms with Gasteiger partial charge in [-0.1, -0.05) is 28.1 Å². The largest absolute Gasteiger partial charge is 0.366 e. The summed E-state index contributed by atoms with van der Waals surface area (Å²) in [7, 11) is 0. The fourth-order valence-electron chi connectivity index (χ4n) is 1.58. The molecule has 0 saturated carbocycles. The molecule has 0 bridgehead atoms. The molecule has 19 heavy (non-hydrogen) atoms. The van der Waals surface area contributed by atoms with Crippen molar-refractivity contribution in [2.45, 2.75) is 0 Å². The number of nitrogens with one attached hydrogen (secondary N) is 1. The lowest BCUT2D eigenvalue weighted by atomic mass is 10.1. The van der Waals surface area contributed by atoms with Gasteiger partial charge in [-0.05, 0) is 36.4 Å². The minimum Gasteiger partial charge on any atom is -0.366 e. The molecule has 0 spiro atoms. The van der Waals surface area contributed by atoms with E-state index in [9.17, 15) is 9.59 Å². The van der Waals surface area contributed by atoms with Gasteiger partial charge in [-0.2, -0.15) is 0 Å². The molecule has 0 saturated heterocycles. The molecular formula is C14H11BrN2O2. The van der Waals surface area contributed by atoms with Crippen molar-refractivity contribution in [3.8, 4) is 0 Å². The molecule has 0 aliphatic rings. The highest BCUT2D eigenvalue weighted by Crippen LogP contribution is 2.16. The topological polar surface area (TPSA) is 72.2 Å². The normalized spacial score (nSPS) is 9.95. The molecule has 2 amide bonds. The van der Waals surface area contributed by atoms with Crippen LogP contribution < -0.4 is 11.1 Å². The highest BCUT2D eigenvalue weighted by atomic mass is 79.9. The Morgan fingerprint density at radius 3 is 2.37 bits per heavy atom. The molecule has 96 valence electrons. The van der Waals surface area contributed by atoms with Gasteiger partial charge >= 0.3 is 0 Å². The summed E-state index contributed by atoms with van der Waals surface area (Å²) in [6.45, 7) is 0. The second kappa shape index (κ2) is 5.67. The first-order valence-electron chi connectivity index (χ1n) is 5.53. The van der Waals surface area contributed by atoms with Gasteiger partial charge in [0.15, 0.2) is 0 Å². The van der Waals surface area contributed by atoms with Gasteiger partial charge in [-0.15, -0.1) is 0 Å². The first-order chi connectivity index (χ1) is 9.06. The second-order valence-corrected chi connectivity index (χ2v) is 4.83. The van der Waals surface area contributed by atoms with Crippen molar-refractivity contribution in [2.24, 2.45) is 5.73 Å². The Balaban J connectivity index is 2.20. The first kappa shape index (κ1) is 13.3. The maximum atomic E-state index is 12.0. The molecule has 0 heterocycles. The molecule has 2 aromatic carbocycles. The number of carbonyl (C=O) groups is 2. The predicted octanol–water partition coefficient (Wildman–Crippen LogP) is 2.80. The van der Waals surface area contributed by atoms with Crippen molar-refractivity contribution in [3.05, 3.63) is 64.1 Å². The summed E-state index contributed by atoms with van der Waals surface area (Å²) in [5, 5.41) is 2.74. The smallest absolute Gasteiger partial charge is 0.255 e. The van der Waals surface area contributed by atoms with Crippen LogP contribution >= 0.6 is 15.9 Å². The van der Waals surface area contributed by atoms with E-state index in [0.717, 1.165) is 4.47 Å². The minimum atomic E-state index is -0.558. The number of anilines is 1. The van der Waals surface area contributed by atoms with Crippen molar-refractivity contribution < 1.29 is 9.59 Å². The Bertz CT molecular complexity index is 641. The molecular weight excluding hydrogens is 308 g/mol. The van der Waals surface area contributed by atoms with Gasteiger partial charge in [-0.25, -0.2) is 0 Å². The quantitative estimate of drug-likeness (QED) is 0.913. The van der Waals surface area contributed by atoms with Crippen molar-refractivity contribution in [2.75, 3.05) is 5.32 Å². The fourth-order valence-corrected chi connectivity index (χ4v) is 1.98. The van der Waals surface area contributed by atoms with Gasteiger partial charge in [0, 0.05) is 21.3 Å². The van der Waals surface area contributed by atoms with Crippen LogP contribution in [0.4, 0.5) is 5.69 Å². The van der Waals surface area contributed by atoms with Gasteiger partial charge in [0.25, 0.3) is 5.91 Å². The average molecular weight is 319 g/mol. The number of primary amides is 1. The van der Waals surface area contributed by atoms with E-state index in [1.807, 2.05) is 12.1 Å². The molecule has 0 aliphatic heterocycles. The third-order valence-corrected chi connectivity index (χ3v) is 2.99. The van der Waals surface area contributed by atoms with Crippen LogP contribution in [0, 0.1) is 0 Å². The maximum Gasteiger partial charge on any atom is 0.255 e. The van der Waals surface area contributed by atoms with Crippen LogP contribution in [-0.4, -0.2) is 11.8 Å². The summed E-state index contributed by atoms with van der Waals surface area (Å²) in [4.78, 5) is 23.1.